The van der Waals surface area contributed by atoms with Crippen LogP contribution in [0, 0.1) is 5.41 Å². The highest BCUT2D eigenvalue weighted by Crippen LogP contribution is 2.50. The van der Waals surface area contributed by atoms with E-state index >= 15 is 0 Å². The van der Waals surface area contributed by atoms with Crippen molar-refractivity contribution in [3.63, 3.8) is 0 Å². The second-order valence-corrected chi connectivity index (χ2v) is 6.42. The molecule has 2 fully saturated rings. The predicted octanol–water partition coefficient (Wildman–Crippen LogP) is 2.13. The van der Waals surface area contributed by atoms with Crippen molar-refractivity contribution in [2.45, 2.75) is 63.9 Å². The smallest absolute Gasteiger partial charge is 0.0728 e. The average Bonchev–Trinajstić information content (AvgIpc) is 2.79. The Morgan fingerprint density at radius 2 is 1.78 bits per heavy atom. The lowest BCUT2D eigenvalue weighted by Gasteiger charge is -2.44. The van der Waals surface area contributed by atoms with Crippen molar-refractivity contribution in [3.8, 4) is 0 Å². The minimum absolute atomic E-state index is 0.0230. The number of likely N-dealkylation sites (tertiary alicyclic amines) is 1. The van der Waals surface area contributed by atoms with E-state index in [1.54, 1.807) is 0 Å². The van der Waals surface area contributed by atoms with Crippen LogP contribution in [-0.4, -0.2) is 41.8 Å². The van der Waals surface area contributed by atoms with Crippen LogP contribution in [0.2, 0.25) is 0 Å². The molecule has 0 aromatic heterocycles. The quantitative estimate of drug-likeness (QED) is 0.808. The normalized spacial score (nSPS) is 33.5. The summed E-state index contributed by atoms with van der Waals surface area (Å²) in [4.78, 5) is 2.51. The van der Waals surface area contributed by atoms with E-state index in [1.165, 1.54) is 25.8 Å². The summed E-state index contributed by atoms with van der Waals surface area (Å²) in [5, 5.41) is 11.2. The van der Waals surface area contributed by atoms with Crippen molar-refractivity contribution in [2.24, 2.45) is 11.1 Å². The summed E-state index contributed by atoms with van der Waals surface area (Å²) in [5.74, 6) is 0. The summed E-state index contributed by atoms with van der Waals surface area (Å²) in [6.45, 7) is 6.27. The molecule has 3 N–H and O–H groups in total. The highest BCUT2D eigenvalue weighted by Gasteiger charge is 2.50. The molecular formula is C15H30N2O. The molecule has 0 radical (unpaired) electrons. The van der Waals surface area contributed by atoms with Gasteiger partial charge in [0.1, 0.15) is 0 Å². The van der Waals surface area contributed by atoms with Gasteiger partial charge in [0.15, 0.2) is 0 Å². The van der Waals surface area contributed by atoms with Gasteiger partial charge in [-0.15, -0.1) is 0 Å². The first-order chi connectivity index (χ1) is 8.66. The molecule has 1 unspecified atom stereocenters. The highest BCUT2D eigenvalue weighted by atomic mass is 16.3. The molecule has 1 saturated heterocycles. The second-order valence-electron chi connectivity index (χ2n) is 6.42. The third-order valence-electron chi connectivity index (χ3n) is 5.38. The molecular weight excluding hydrogens is 224 g/mol. The van der Waals surface area contributed by atoms with Crippen LogP contribution >= 0.6 is 0 Å². The molecule has 1 aliphatic heterocycles. The van der Waals surface area contributed by atoms with Crippen LogP contribution in [0.15, 0.2) is 0 Å². The molecule has 18 heavy (non-hydrogen) atoms. The lowest BCUT2D eigenvalue weighted by molar-refractivity contribution is -0.0883. The van der Waals surface area contributed by atoms with E-state index < -0.39 is 5.60 Å². The number of nitrogens with zero attached hydrogens (tertiary/aromatic N) is 1. The molecule has 0 spiro atoms. The third-order valence-corrected chi connectivity index (χ3v) is 5.38. The van der Waals surface area contributed by atoms with Crippen LogP contribution in [0.4, 0.5) is 0 Å². The number of nitrogens with two attached hydrogens (primary N) is 1. The minimum Gasteiger partial charge on any atom is -0.389 e. The van der Waals surface area contributed by atoms with Gasteiger partial charge in [-0.2, -0.15) is 0 Å². The molecule has 1 saturated carbocycles. The maximum absolute atomic E-state index is 11.2. The maximum atomic E-state index is 11.2. The molecule has 0 bridgehead atoms. The maximum Gasteiger partial charge on any atom is 0.0728 e. The summed E-state index contributed by atoms with van der Waals surface area (Å²) in [5.41, 5.74) is 5.58. The van der Waals surface area contributed by atoms with Gasteiger partial charge >= 0.3 is 0 Å². The zero-order valence-electron chi connectivity index (χ0n) is 12.0. The Hall–Kier alpha value is -0.120. The Kier molecular flexibility index (Phi) is 4.68. The van der Waals surface area contributed by atoms with Crippen LogP contribution in [0.25, 0.3) is 0 Å². The number of rotatable bonds is 4. The largest absolute Gasteiger partial charge is 0.389 e. The predicted molar refractivity (Wildman–Crippen MR) is 75.5 cm³/mol. The van der Waals surface area contributed by atoms with Gasteiger partial charge in [-0.25, -0.2) is 0 Å². The van der Waals surface area contributed by atoms with Crippen molar-refractivity contribution in [2.75, 3.05) is 26.2 Å². The molecule has 0 aromatic rings. The van der Waals surface area contributed by atoms with Gasteiger partial charge in [0.2, 0.25) is 0 Å². The monoisotopic (exact) mass is 254 g/mol. The van der Waals surface area contributed by atoms with E-state index in [-0.39, 0.29) is 5.41 Å². The summed E-state index contributed by atoms with van der Waals surface area (Å²) in [6, 6.07) is 0. The van der Waals surface area contributed by atoms with E-state index in [0.717, 1.165) is 45.2 Å². The third kappa shape index (κ3) is 2.59. The molecule has 0 aromatic carbocycles. The van der Waals surface area contributed by atoms with Crippen molar-refractivity contribution < 1.29 is 5.11 Å². The van der Waals surface area contributed by atoms with Crippen molar-refractivity contribution >= 4 is 0 Å². The zero-order chi connectivity index (χ0) is 13.1. The molecule has 106 valence electrons. The average molecular weight is 254 g/mol. The molecule has 2 rings (SSSR count). The van der Waals surface area contributed by atoms with Gasteiger partial charge in [-0.3, -0.25) is 0 Å². The fourth-order valence-electron chi connectivity index (χ4n) is 4.16. The lowest BCUT2D eigenvalue weighted by atomic mass is 9.67. The molecule has 1 aliphatic carbocycles. The standard InChI is InChI=1S/C15H30N2O/c1-2-10-17-11-5-8-15(18,9-12-17)14(13-16)6-3-4-7-14/h18H,2-13,16H2,1H3. The summed E-state index contributed by atoms with van der Waals surface area (Å²) in [7, 11) is 0. The fraction of sp³-hybridized carbons (Fsp3) is 1.00. The van der Waals surface area contributed by atoms with E-state index in [4.69, 9.17) is 5.73 Å². The number of hydrogen-bond donors (Lipinski definition) is 2. The van der Waals surface area contributed by atoms with Crippen LogP contribution in [0.1, 0.15) is 58.3 Å². The van der Waals surface area contributed by atoms with Crippen molar-refractivity contribution in [1.82, 2.24) is 4.90 Å². The summed E-state index contributed by atoms with van der Waals surface area (Å²) in [6.07, 6.45) is 8.96. The summed E-state index contributed by atoms with van der Waals surface area (Å²) < 4.78 is 0. The van der Waals surface area contributed by atoms with Crippen molar-refractivity contribution in [1.29, 1.82) is 0 Å². The first kappa shape index (κ1) is 14.3. The van der Waals surface area contributed by atoms with Crippen LogP contribution < -0.4 is 5.73 Å². The molecule has 3 nitrogen and oxygen atoms in total. The van der Waals surface area contributed by atoms with E-state index in [0.29, 0.717) is 6.54 Å². The minimum atomic E-state index is -0.499. The van der Waals surface area contributed by atoms with Gasteiger partial charge < -0.3 is 15.7 Å². The molecule has 1 heterocycles. The fourth-order valence-corrected chi connectivity index (χ4v) is 4.16. The van der Waals surface area contributed by atoms with Gasteiger partial charge in [0.25, 0.3) is 0 Å². The Morgan fingerprint density at radius 1 is 1.06 bits per heavy atom. The van der Waals surface area contributed by atoms with Crippen molar-refractivity contribution in [3.05, 3.63) is 0 Å². The topological polar surface area (TPSA) is 49.5 Å². The molecule has 1 atom stereocenters. The van der Waals surface area contributed by atoms with Gasteiger partial charge in [-0.1, -0.05) is 19.8 Å². The second kappa shape index (κ2) is 5.89. The van der Waals surface area contributed by atoms with E-state index in [1.807, 2.05) is 0 Å². The first-order valence-electron chi connectivity index (χ1n) is 7.81. The van der Waals surface area contributed by atoms with Gasteiger partial charge in [0, 0.05) is 18.5 Å². The highest BCUT2D eigenvalue weighted by molar-refractivity contribution is 5.03. The molecule has 3 heteroatoms. The van der Waals surface area contributed by atoms with Gasteiger partial charge in [-0.05, 0) is 51.6 Å². The zero-order valence-corrected chi connectivity index (χ0v) is 12.0. The van der Waals surface area contributed by atoms with Gasteiger partial charge in [0.05, 0.1) is 5.60 Å². The molecule has 2 aliphatic rings. The van der Waals surface area contributed by atoms with E-state index in [2.05, 4.69) is 11.8 Å². The Bertz CT molecular complexity index is 263. The molecule has 0 amide bonds. The summed E-state index contributed by atoms with van der Waals surface area (Å²) >= 11 is 0. The lowest BCUT2D eigenvalue weighted by Crippen LogP contribution is -2.51. The van der Waals surface area contributed by atoms with E-state index in [9.17, 15) is 5.11 Å². The Balaban J connectivity index is 2.06. The van der Waals surface area contributed by atoms with Crippen LogP contribution in [0.5, 0.6) is 0 Å². The SMILES string of the molecule is CCCN1CCCC(O)(C2(CN)CCCC2)CC1. The Morgan fingerprint density at radius 3 is 2.39 bits per heavy atom. The van der Waals surface area contributed by atoms with Crippen LogP contribution in [0.3, 0.4) is 0 Å². The first-order valence-corrected chi connectivity index (χ1v) is 7.81. The Labute approximate surface area is 112 Å². The number of hydrogen-bond acceptors (Lipinski definition) is 3. The number of aliphatic hydroxyl groups is 1. The van der Waals surface area contributed by atoms with Crippen LogP contribution in [-0.2, 0) is 0 Å².